The number of nitrogens with zero attached hydrogens (tertiary/aromatic N) is 2. The summed E-state index contributed by atoms with van der Waals surface area (Å²) in [6, 6.07) is 0. The molecule has 1 aromatic rings. The molecule has 1 aromatic heterocycles. The van der Waals surface area contributed by atoms with Gasteiger partial charge in [-0.1, -0.05) is 0 Å². The first-order valence-electron chi connectivity index (χ1n) is 3.46. The van der Waals surface area contributed by atoms with Crippen molar-refractivity contribution < 1.29 is 8.42 Å². The Labute approximate surface area is 75.9 Å². The van der Waals surface area contributed by atoms with Gasteiger partial charge in [-0.2, -0.15) is 0 Å². The van der Waals surface area contributed by atoms with Gasteiger partial charge >= 0.3 is 0 Å². The van der Waals surface area contributed by atoms with Gasteiger partial charge in [0, 0.05) is 24.6 Å². The third-order valence-corrected chi connectivity index (χ3v) is 2.29. The molecule has 72 valence electrons. The maximum atomic E-state index is 11.0. The molecule has 0 spiro atoms. The molecule has 0 aliphatic rings. The largest absolute Gasteiger partial charge is 0.383 e. The molecule has 1 rings (SSSR count). The fraction of sp³-hybridized carbons (Fsp3) is 0.333. The SMILES string of the molecule is CS(=O)(=O)c1ncc(CN)c(N)n1. The maximum Gasteiger partial charge on any atom is 0.248 e. The van der Waals surface area contributed by atoms with Gasteiger partial charge in [0.15, 0.2) is 0 Å². The van der Waals surface area contributed by atoms with E-state index in [-0.39, 0.29) is 17.5 Å². The number of hydrogen-bond acceptors (Lipinski definition) is 6. The molecule has 0 atom stereocenters. The number of hydrogen-bond donors (Lipinski definition) is 2. The summed E-state index contributed by atoms with van der Waals surface area (Å²) in [6.07, 6.45) is 2.34. The lowest BCUT2D eigenvalue weighted by Crippen LogP contribution is -2.10. The molecular weight excluding hydrogens is 192 g/mol. The fourth-order valence-electron chi connectivity index (χ4n) is 0.739. The van der Waals surface area contributed by atoms with Crippen LogP contribution in [0.3, 0.4) is 0 Å². The summed E-state index contributed by atoms with van der Waals surface area (Å²) in [5, 5.41) is -0.276. The lowest BCUT2D eigenvalue weighted by Gasteiger charge is -2.02. The van der Waals surface area contributed by atoms with Crippen LogP contribution in [0.25, 0.3) is 0 Å². The molecule has 0 saturated carbocycles. The highest BCUT2D eigenvalue weighted by atomic mass is 32.2. The Balaban J connectivity index is 3.26. The quantitative estimate of drug-likeness (QED) is 0.590. The number of sulfone groups is 1. The van der Waals surface area contributed by atoms with E-state index in [9.17, 15) is 8.42 Å². The summed E-state index contributed by atoms with van der Waals surface area (Å²) in [5.74, 6) is 0.109. The smallest absolute Gasteiger partial charge is 0.248 e. The van der Waals surface area contributed by atoms with Gasteiger partial charge in [-0.15, -0.1) is 0 Å². The average Bonchev–Trinajstić information content (AvgIpc) is 2.02. The maximum absolute atomic E-state index is 11.0. The summed E-state index contributed by atoms with van der Waals surface area (Å²) in [7, 11) is -3.39. The second-order valence-electron chi connectivity index (χ2n) is 2.54. The van der Waals surface area contributed by atoms with Crippen LogP contribution in [0, 0.1) is 0 Å². The lowest BCUT2D eigenvalue weighted by molar-refractivity contribution is 0.593. The van der Waals surface area contributed by atoms with Crippen molar-refractivity contribution >= 4 is 15.7 Å². The van der Waals surface area contributed by atoms with Gasteiger partial charge in [-0.05, 0) is 0 Å². The molecule has 4 N–H and O–H groups in total. The Morgan fingerprint density at radius 3 is 2.54 bits per heavy atom. The number of nitrogens with two attached hydrogens (primary N) is 2. The Kier molecular flexibility index (Phi) is 2.48. The predicted octanol–water partition coefficient (Wildman–Crippen LogP) is -1.08. The molecule has 0 aliphatic carbocycles. The Hall–Kier alpha value is -1.21. The molecular formula is C6H10N4O2S. The third kappa shape index (κ3) is 2.13. The second kappa shape index (κ2) is 3.27. The van der Waals surface area contributed by atoms with Crippen molar-refractivity contribution in [2.75, 3.05) is 12.0 Å². The zero-order valence-corrected chi connectivity index (χ0v) is 7.87. The highest BCUT2D eigenvalue weighted by molar-refractivity contribution is 7.90. The standard InChI is InChI=1S/C6H10N4O2S/c1-13(11,12)6-9-3-4(2-7)5(8)10-6/h3H,2,7H2,1H3,(H2,8,9,10). The molecule has 0 amide bonds. The van der Waals surface area contributed by atoms with E-state index in [0.717, 1.165) is 6.26 Å². The molecule has 0 fully saturated rings. The monoisotopic (exact) mass is 202 g/mol. The van der Waals surface area contributed by atoms with Gasteiger partial charge in [0.2, 0.25) is 15.0 Å². The van der Waals surface area contributed by atoms with Crippen molar-refractivity contribution in [3.05, 3.63) is 11.8 Å². The average molecular weight is 202 g/mol. The van der Waals surface area contributed by atoms with Crippen LogP contribution in [-0.2, 0) is 16.4 Å². The van der Waals surface area contributed by atoms with Crippen LogP contribution in [0.2, 0.25) is 0 Å². The van der Waals surface area contributed by atoms with E-state index in [2.05, 4.69) is 9.97 Å². The molecule has 7 heteroatoms. The van der Waals surface area contributed by atoms with Crippen molar-refractivity contribution in [3.63, 3.8) is 0 Å². The summed E-state index contributed by atoms with van der Waals surface area (Å²) in [4.78, 5) is 7.24. The third-order valence-electron chi connectivity index (χ3n) is 1.43. The molecule has 6 nitrogen and oxygen atoms in total. The first-order valence-corrected chi connectivity index (χ1v) is 5.36. The zero-order valence-electron chi connectivity index (χ0n) is 7.06. The van der Waals surface area contributed by atoms with Crippen LogP contribution >= 0.6 is 0 Å². The topological polar surface area (TPSA) is 112 Å². The zero-order chi connectivity index (χ0) is 10.1. The van der Waals surface area contributed by atoms with E-state index >= 15 is 0 Å². The number of anilines is 1. The Morgan fingerprint density at radius 2 is 2.15 bits per heavy atom. The number of aromatic nitrogens is 2. The van der Waals surface area contributed by atoms with Crippen LogP contribution in [0.1, 0.15) is 5.56 Å². The molecule has 0 saturated heterocycles. The van der Waals surface area contributed by atoms with E-state index in [4.69, 9.17) is 11.5 Å². The predicted molar refractivity (Wildman–Crippen MR) is 47.4 cm³/mol. The Bertz CT molecular complexity index is 415. The van der Waals surface area contributed by atoms with E-state index in [1.165, 1.54) is 6.20 Å². The highest BCUT2D eigenvalue weighted by Gasteiger charge is 2.12. The van der Waals surface area contributed by atoms with Crippen LogP contribution in [-0.4, -0.2) is 24.6 Å². The number of nitrogen functional groups attached to an aromatic ring is 1. The Morgan fingerprint density at radius 1 is 1.54 bits per heavy atom. The number of rotatable bonds is 2. The van der Waals surface area contributed by atoms with Crippen LogP contribution in [0.15, 0.2) is 11.4 Å². The minimum atomic E-state index is -3.39. The van der Waals surface area contributed by atoms with E-state index in [1.54, 1.807) is 0 Å². The molecule has 13 heavy (non-hydrogen) atoms. The summed E-state index contributed by atoms with van der Waals surface area (Å²) < 4.78 is 21.9. The van der Waals surface area contributed by atoms with Crippen molar-refractivity contribution in [2.45, 2.75) is 11.7 Å². The van der Waals surface area contributed by atoms with Gasteiger partial charge in [0.25, 0.3) is 0 Å². The first-order chi connectivity index (χ1) is 5.95. The molecule has 0 radical (unpaired) electrons. The van der Waals surface area contributed by atoms with Gasteiger partial charge in [0.05, 0.1) is 0 Å². The minimum Gasteiger partial charge on any atom is -0.383 e. The van der Waals surface area contributed by atoms with Crippen LogP contribution < -0.4 is 11.5 Å². The van der Waals surface area contributed by atoms with E-state index in [1.807, 2.05) is 0 Å². The van der Waals surface area contributed by atoms with Gasteiger partial charge < -0.3 is 11.5 Å². The van der Waals surface area contributed by atoms with Gasteiger partial charge in [-0.3, -0.25) is 0 Å². The lowest BCUT2D eigenvalue weighted by atomic mass is 10.3. The van der Waals surface area contributed by atoms with Crippen LogP contribution in [0.5, 0.6) is 0 Å². The molecule has 0 bridgehead atoms. The van der Waals surface area contributed by atoms with Gasteiger partial charge in [0.1, 0.15) is 5.82 Å². The van der Waals surface area contributed by atoms with Crippen molar-refractivity contribution in [1.29, 1.82) is 0 Å². The molecule has 0 unspecified atom stereocenters. The summed E-state index contributed by atoms with van der Waals surface area (Å²) in [6.45, 7) is 0.190. The highest BCUT2D eigenvalue weighted by Crippen LogP contribution is 2.09. The minimum absolute atomic E-state index is 0.109. The van der Waals surface area contributed by atoms with Crippen molar-refractivity contribution in [3.8, 4) is 0 Å². The van der Waals surface area contributed by atoms with Gasteiger partial charge in [-0.25, -0.2) is 18.4 Å². The van der Waals surface area contributed by atoms with Crippen LogP contribution in [0.4, 0.5) is 5.82 Å². The summed E-state index contributed by atoms with van der Waals surface area (Å²) in [5.41, 5.74) is 11.3. The van der Waals surface area contributed by atoms with Crippen molar-refractivity contribution in [2.24, 2.45) is 5.73 Å². The normalized spacial score (nSPS) is 11.5. The molecule has 0 aliphatic heterocycles. The van der Waals surface area contributed by atoms with E-state index in [0.29, 0.717) is 5.56 Å². The first kappa shape index (κ1) is 9.87. The summed E-state index contributed by atoms with van der Waals surface area (Å²) >= 11 is 0. The second-order valence-corrected chi connectivity index (χ2v) is 4.45. The molecule has 1 heterocycles. The van der Waals surface area contributed by atoms with Crippen molar-refractivity contribution in [1.82, 2.24) is 9.97 Å². The fourth-order valence-corrected chi connectivity index (χ4v) is 1.25. The molecule has 0 aromatic carbocycles. The van der Waals surface area contributed by atoms with E-state index < -0.39 is 9.84 Å².